The van der Waals surface area contributed by atoms with E-state index in [0.717, 1.165) is 12.8 Å². The van der Waals surface area contributed by atoms with Gasteiger partial charge in [-0.15, -0.1) is 0 Å². The average Bonchev–Trinajstić information content (AvgIpc) is 2.47. The molecule has 0 atom stereocenters. The van der Waals surface area contributed by atoms with Crippen LogP contribution in [0.2, 0.25) is 0 Å². The molecule has 0 aliphatic heterocycles. The molecule has 0 aromatic heterocycles. The fourth-order valence-corrected chi connectivity index (χ4v) is 2.72. The van der Waals surface area contributed by atoms with Gasteiger partial charge in [-0.05, 0) is 19.3 Å². The second-order valence-electron chi connectivity index (χ2n) is 6.37. The van der Waals surface area contributed by atoms with Crippen molar-refractivity contribution in [1.29, 1.82) is 0 Å². The maximum atomic E-state index is 10.2. The second kappa shape index (κ2) is 15.8. The number of unbranched alkanes of at least 4 members (excludes halogenated alkanes) is 8. The molecule has 0 bridgehead atoms. The lowest BCUT2D eigenvalue weighted by molar-refractivity contribution is -0.137. The van der Waals surface area contributed by atoms with Gasteiger partial charge in [-0.25, -0.2) is 0 Å². The Hall–Kier alpha value is -0.570. The van der Waals surface area contributed by atoms with Crippen molar-refractivity contribution in [2.45, 2.75) is 109 Å². The summed E-state index contributed by atoms with van der Waals surface area (Å²) < 4.78 is 0. The molecular formula is C18H37NO2. The third-order valence-electron chi connectivity index (χ3n) is 4.14. The van der Waals surface area contributed by atoms with Crippen LogP contribution in [0.15, 0.2) is 0 Å². The van der Waals surface area contributed by atoms with Crippen molar-refractivity contribution in [1.82, 2.24) is 0 Å². The van der Waals surface area contributed by atoms with E-state index < -0.39 is 5.97 Å². The number of carbonyl (C=O) groups is 1. The predicted octanol–water partition coefficient (Wildman–Crippen LogP) is 5.27. The van der Waals surface area contributed by atoms with Crippen LogP contribution in [-0.4, -0.2) is 17.1 Å². The normalized spacial score (nSPS) is 15.3. The van der Waals surface area contributed by atoms with Crippen LogP contribution >= 0.6 is 0 Å². The molecule has 1 fully saturated rings. The second-order valence-corrected chi connectivity index (χ2v) is 6.37. The standard InChI is InChI=1S/C12H24O2.C6H13N/c1-2-3-4-5-6-7-8-9-10-11-12(13)14;7-6-4-2-1-3-5-6/h2-11H2,1H3,(H,13,14);6H,1-5,7H2. The summed E-state index contributed by atoms with van der Waals surface area (Å²) in [6, 6.07) is 0.536. The summed E-state index contributed by atoms with van der Waals surface area (Å²) in [5.74, 6) is -0.659. The molecule has 3 nitrogen and oxygen atoms in total. The lowest BCUT2D eigenvalue weighted by Crippen LogP contribution is -2.22. The van der Waals surface area contributed by atoms with E-state index in [1.54, 1.807) is 0 Å². The van der Waals surface area contributed by atoms with Crippen LogP contribution in [0.4, 0.5) is 0 Å². The van der Waals surface area contributed by atoms with Crippen LogP contribution < -0.4 is 5.73 Å². The number of hydrogen-bond donors (Lipinski definition) is 2. The number of nitrogens with two attached hydrogens (primary N) is 1. The molecule has 1 aliphatic rings. The molecular weight excluding hydrogens is 262 g/mol. The van der Waals surface area contributed by atoms with Gasteiger partial charge >= 0.3 is 5.97 Å². The van der Waals surface area contributed by atoms with E-state index in [-0.39, 0.29) is 0 Å². The summed E-state index contributed by atoms with van der Waals surface area (Å²) in [4.78, 5) is 10.2. The fraction of sp³-hybridized carbons (Fsp3) is 0.944. The van der Waals surface area contributed by atoms with Gasteiger partial charge in [-0.1, -0.05) is 77.6 Å². The molecule has 0 aromatic rings. The van der Waals surface area contributed by atoms with Crippen LogP contribution in [0.1, 0.15) is 103 Å². The summed E-state index contributed by atoms with van der Waals surface area (Å²) in [6.07, 6.45) is 18.1. The van der Waals surface area contributed by atoms with Gasteiger partial charge in [0.05, 0.1) is 0 Å². The van der Waals surface area contributed by atoms with Crippen molar-refractivity contribution in [3.05, 3.63) is 0 Å². The largest absolute Gasteiger partial charge is 0.481 e. The summed E-state index contributed by atoms with van der Waals surface area (Å²) in [6.45, 7) is 2.23. The van der Waals surface area contributed by atoms with Gasteiger partial charge in [-0.3, -0.25) is 4.79 Å². The first-order chi connectivity index (χ1) is 10.2. The van der Waals surface area contributed by atoms with Gasteiger partial charge in [0.1, 0.15) is 0 Å². The Morgan fingerprint density at radius 1 is 0.905 bits per heavy atom. The van der Waals surface area contributed by atoms with E-state index in [2.05, 4.69) is 6.92 Å². The number of carboxylic acids is 1. The first-order valence-electron chi connectivity index (χ1n) is 9.14. The minimum absolute atomic E-state index is 0.343. The Labute approximate surface area is 131 Å². The SMILES string of the molecule is CCCCCCCCCCCC(=O)O.NC1CCCCC1. The van der Waals surface area contributed by atoms with Crippen LogP contribution in [0.25, 0.3) is 0 Å². The molecule has 1 rings (SSSR count). The van der Waals surface area contributed by atoms with E-state index in [1.807, 2.05) is 0 Å². The molecule has 0 radical (unpaired) electrons. The van der Waals surface area contributed by atoms with Crippen LogP contribution in [-0.2, 0) is 4.79 Å². The highest BCUT2D eigenvalue weighted by Crippen LogP contribution is 2.14. The highest BCUT2D eigenvalue weighted by Gasteiger charge is 2.06. The average molecular weight is 299 g/mol. The molecule has 0 saturated heterocycles. The van der Waals surface area contributed by atoms with Crippen molar-refractivity contribution in [2.24, 2.45) is 5.73 Å². The van der Waals surface area contributed by atoms with Gasteiger partial charge < -0.3 is 10.8 Å². The summed E-state index contributed by atoms with van der Waals surface area (Å²) in [5, 5.41) is 8.41. The van der Waals surface area contributed by atoms with Gasteiger partial charge in [0.2, 0.25) is 0 Å². The molecule has 0 amide bonds. The monoisotopic (exact) mass is 299 g/mol. The van der Waals surface area contributed by atoms with E-state index in [1.165, 1.54) is 77.0 Å². The Morgan fingerprint density at radius 3 is 1.76 bits per heavy atom. The number of aliphatic carboxylic acids is 1. The van der Waals surface area contributed by atoms with Gasteiger partial charge in [-0.2, -0.15) is 0 Å². The molecule has 0 heterocycles. The van der Waals surface area contributed by atoms with Crippen molar-refractivity contribution in [2.75, 3.05) is 0 Å². The van der Waals surface area contributed by atoms with E-state index >= 15 is 0 Å². The van der Waals surface area contributed by atoms with Crippen molar-refractivity contribution < 1.29 is 9.90 Å². The predicted molar refractivity (Wildman–Crippen MR) is 90.5 cm³/mol. The van der Waals surface area contributed by atoms with E-state index in [0.29, 0.717) is 12.5 Å². The number of rotatable bonds is 10. The highest BCUT2D eigenvalue weighted by molar-refractivity contribution is 5.66. The van der Waals surface area contributed by atoms with Gasteiger partial charge in [0.25, 0.3) is 0 Å². The maximum Gasteiger partial charge on any atom is 0.303 e. The summed E-state index contributed by atoms with van der Waals surface area (Å²) in [7, 11) is 0. The molecule has 0 aromatic carbocycles. The van der Waals surface area contributed by atoms with E-state index in [4.69, 9.17) is 10.8 Å². The number of hydrogen-bond acceptors (Lipinski definition) is 2. The molecule has 3 N–H and O–H groups in total. The Bertz CT molecular complexity index is 225. The summed E-state index contributed by atoms with van der Waals surface area (Å²) in [5.41, 5.74) is 5.63. The summed E-state index contributed by atoms with van der Waals surface area (Å²) >= 11 is 0. The third kappa shape index (κ3) is 17.4. The van der Waals surface area contributed by atoms with Gasteiger partial charge in [0.15, 0.2) is 0 Å². The van der Waals surface area contributed by atoms with Crippen LogP contribution in [0.3, 0.4) is 0 Å². The molecule has 0 spiro atoms. The van der Waals surface area contributed by atoms with Crippen LogP contribution in [0, 0.1) is 0 Å². The minimum Gasteiger partial charge on any atom is -0.481 e. The lowest BCUT2D eigenvalue weighted by atomic mass is 9.97. The molecule has 0 unspecified atom stereocenters. The lowest BCUT2D eigenvalue weighted by Gasteiger charge is -2.15. The third-order valence-corrected chi connectivity index (χ3v) is 4.14. The zero-order valence-electron chi connectivity index (χ0n) is 14.1. The first-order valence-corrected chi connectivity index (χ1v) is 9.14. The zero-order chi connectivity index (χ0) is 15.8. The smallest absolute Gasteiger partial charge is 0.303 e. The molecule has 126 valence electrons. The molecule has 21 heavy (non-hydrogen) atoms. The minimum atomic E-state index is -0.659. The van der Waals surface area contributed by atoms with Crippen molar-refractivity contribution in [3.63, 3.8) is 0 Å². The molecule has 1 saturated carbocycles. The fourth-order valence-electron chi connectivity index (χ4n) is 2.72. The Morgan fingerprint density at radius 2 is 1.38 bits per heavy atom. The van der Waals surface area contributed by atoms with E-state index in [9.17, 15) is 4.79 Å². The first kappa shape index (κ1) is 20.4. The maximum absolute atomic E-state index is 10.2. The van der Waals surface area contributed by atoms with Gasteiger partial charge in [0, 0.05) is 12.5 Å². The zero-order valence-corrected chi connectivity index (χ0v) is 14.1. The topological polar surface area (TPSA) is 63.3 Å². The Kier molecular flexibility index (Phi) is 15.4. The number of carboxylic acid groups (broad SMARTS) is 1. The van der Waals surface area contributed by atoms with Crippen molar-refractivity contribution in [3.8, 4) is 0 Å². The van der Waals surface area contributed by atoms with Crippen LogP contribution in [0.5, 0.6) is 0 Å². The molecule has 3 heteroatoms. The molecule has 1 aliphatic carbocycles. The quantitative estimate of drug-likeness (QED) is 0.540. The highest BCUT2D eigenvalue weighted by atomic mass is 16.4. The van der Waals surface area contributed by atoms with Crippen molar-refractivity contribution >= 4 is 5.97 Å². The Balaban J connectivity index is 0.000000471.